The third kappa shape index (κ3) is 7.49. The average Bonchev–Trinajstić information content (AvgIpc) is 2.83. The monoisotopic (exact) mass is 460 g/mol. The van der Waals surface area contributed by atoms with Gasteiger partial charge >= 0.3 is 11.8 Å². The predicted molar refractivity (Wildman–Crippen MR) is 129 cm³/mol. The van der Waals surface area contributed by atoms with E-state index >= 15 is 0 Å². The van der Waals surface area contributed by atoms with E-state index in [9.17, 15) is 14.4 Å². The molecule has 9 nitrogen and oxygen atoms in total. The molecule has 3 amide bonds. The second kappa shape index (κ2) is 11.8. The summed E-state index contributed by atoms with van der Waals surface area (Å²) in [7, 11) is 1.50. The lowest BCUT2D eigenvalue weighted by atomic mass is 10.2. The van der Waals surface area contributed by atoms with E-state index in [1.807, 2.05) is 25.1 Å². The SMILES string of the molecule is COc1cccc(NC(=O)C(=O)N/N=C\c2cccc(OCC(=O)Nc3cccc(C)c3)c2)c1. The van der Waals surface area contributed by atoms with E-state index in [4.69, 9.17) is 9.47 Å². The van der Waals surface area contributed by atoms with E-state index in [0.29, 0.717) is 28.4 Å². The van der Waals surface area contributed by atoms with Crippen LogP contribution in [0.25, 0.3) is 0 Å². The first kappa shape index (κ1) is 24.0. The second-order valence-electron chi connectivity index (χ2n) is 7.16. The van der Waals surface area contributed by atoms with Gasteiger partial charge in [0.1, 0.15) is 11.5 Å². The molecule has 3 rings (SSSR count). The Hall–Kier alpha value is -4.66. The molecule has 3 aromatic carbocycles. The number of amides is 3. The number of methoxy groups -OCH3 is 1. The summed E-state index contributed by atoms with van der Waals surface area (Å²) in [5.41, 5.74) is 4.91. The predicted octanol–water partition coefficient (Wildman–Crippen LogP) is 3.11. The van der Waals surface area contributed by atoms with Crippen molar-refractivity contribution < 1.29 is 23.9 Å². The van der Waals surface area contributed by atoms with Crippen LogP contribution in [0.5, 0.6) is 11.5 Å². The highest BCUT2D eigenvalue weighted by molar-refractivity contribution is 6.39. The number of aryl methyl sites for hydroxylation is 1. The van der Waals surface area contributed by atoms with Crippen LogP contribution >= 0.6 is 0 Å². The molecule has 0 radical (unpaired) electrons. The molecular formula is C25H24N4O5. The van der Waals surface area contributed by atoms with Crippen molar-refractivity contribution in [2.75, 3.05) is 24.4 Å². The fourth-order valence-electron chi connectivity index (χ4n) is 2.86. The van der Waals surface area contributed by atoms with Gasteiger partial charge in [0.25, 0.3) is 5.91 Å². The number of nitrogens with one attached hydrogen (secondary N) is 3. The minimum absolute atomic E-state index is 0.171. The number of hydrogen-bond donors (Lipinski definition) is 3. The topological polar surface area (TPSA) is 118 Å². The van der Waals surface area contributed by atoms with Crippen molar-refractivity contribution in [1.82, 2.24) is 5.43 Å². The normalized spacial score (nSPS) is 10.4. The van der Waals surface area contributed by atoms with Gasteiger partial charge in [-0.15, -0.1) is 0 Å². The Bertz CT molecular complexity index is 1210. The zero-order chi connectivity index (χ0) is 24.3. The van der Waals surface area contributed by atoms with Gasteiger partial charge in [-0.25, -0.2) is 5.43 Å². The molecule has 0 aromatic heterocycles. The quantitative estimate of drug-likeness (QED) is 0.271. The molecule has 0 unspecified atom stereocenters. The van der Waals surface area contributed by atoms with Crippen LogP contribution in [0.3, 0.4) is 0 Å². The van der Waals surface area contributed by atoms with Crippen LogP contribution in [0.1, 0.15) is 11.1 Å². The van der Waals surface area contributed by atoms with E-state index in [1.54, 1.807) is 54.6 Å². The van der Waals surface area contributed by atoms with Crippen LogP contribution in [0.2, 0.25) is 0 Å². The molecule has 34 heavy (non-hydrogen) atoms. The summed E-state index contributed by atoms with van der Waals surface area (Å²) in [6, 6.07) is 20.9. The molecule has 0 aliphatic carbocycles. The van der Waals surface area contributed by atoms with Crippen LogP contribution < -0.4 is 25.5 Å². The highest BCUT2D eigenvalue weighted by atomic mass is 16.5. The smallest absolute Gasteiger partial charge is 0.329 e. The molecule has 0 fully saturated rings. The highest BCUT2D eigenvalue weighted by Crippen LogP contribution is 2.16. The van der Waals surface area contributed by atoms with Crippen molar-refractivity contribution in [1.29, 1.82) is 0 Å². The van der Waals surface area contributed by atoms with Gasteiger partial charge in [-0.05, 0) is 54.4 Å². The van der Waals surface area contributed by atoms with Crippen LogP contribution in [0.15, 0.2) is 77.9 Å². The number of hydrazone groups is 1. The van der Waals surface area contributed by atoms with Crippen molar-refractivity contribution in [3.8, 4) is 11.5 Å². The van der Waals surface area contributed by atoms with Crippen molar-refractivity contribution in [3.63, 3.8) is 0 Å². The molecule has 0 saturated heterocycles. The first-order valence-corrected chi connectivity index (χ1v) is 10.3. The molecular weight excluding hydrogens is 436 g/mol. The Morgan fingerprint density at radius 2 is 1.56 bits per heavy atom. The number of rotatable bonds is 8. The Labute approximate surface area is 196 Å². The lowest BCUT2D eigenvalue weighted by molar-refractivity contribution is -0.136. The summed E-state index contributed by atoms with van der Waals surface area (Å²) in [6.45, 7) is 1.77. The van der Waals surface area contributed by atoms with E-state index in [2.05, 4.69) is 21.2 Å². The molecule has 0 atom stereocenters. The van der Waals surface area contributed by atoms with Gasteiger partial charge in [-0.3, -0.25) is 14.4 Å². The zero-order valence-electron chi connectivity index (χ0n) is 18.7. The molecule has 3 N–H and O–H groups in total. The number of carbonyl (C=O) groups is 3. The third-order valence-corrected chi connectivity index (χ3v) is 4.44. The van der Waals surface area contributed by atoms with Crippen molar-refractivity contribution in [2.24, 2.45) is 5.10 Å². The third-order valence-electron chi connectivity index (χ3n) is 4.44. The summed E-state index contributed by atoms with van der Waals surface area (Å²) >= 11 is 0. The zero-order valence-corrected chi connectivity index (χ0v) is 18.7. The van der Waals surface area contributed by atoms with Crippen LogP contribution in [-0.4, -0.2) is 37.7 Å². The second-order valence-corrected chi connectivity index (χ2v) is 7.16. The van der Waals surface area contributed by atoms with Crippen LogP contribution in [0, 0.1) is 6.92 Å². The number of benzene rings is 3. The summed E-state index contributed by atoms with van der Waals surface area (Å²) in [5, 5.41) is 9.02. The minimum Gasteiger partial charge on any atom is -0.497 e. The summed E-state index contributed by atoms with van der Waals surface area (Å²) in [6.07, 6.45) is 1.36. The first-order chi connectivity index (χ1) is 16.4. The molecule has 0 saturated carbocycles. The fraction of sp³-hybridized carbons (Fsp3) is 0.120. The maximum atomic E-state index is 12.1. The summed E-state index contributed by atoms with van der Waals surface area (Å²) in [5.74, 6) is -1.10. The Morgan fingerprint density at radius 1 is 0.853 bits per heavy atom. The van der Waals surface area contributed by atoms with E-state index < -0.39 is 11.8 Å². The summed E-state index contributed by atoms with van der Waals surface area (Å²) in [4.78, 5) is 36.1. The van der Waals surface area contributed by atoms with Crippen molar-refractivity contribution >= 4 is 35.3 Å². The van der Waals surface area contributed by atoms with Gasteiger partial charge < -0.3 is 20.1 Å². The van der Waals surface area contributed by atoms with E-state index in [-0.39, 0.29) is 12.5 Å². The standard InChI is InChI=1S/C25H24N4O5/c1-17-6-3-8-19(12-17)27-23(30)16-34-22-11-4-7-18(13-22)15-26-29-25(32)24(31)28-20-9-5-10-21(14-20)33-2/h3-15H,16H2,1-2H3,(H,27,30)(H,28,31)(H,29,32)/b26-15-. The first-order valence-electron chi connectivity index (χ1n) is 10.3. The Kier molecular flexibility index (Phi) is 8.34. The Balaban J connectivity index is 1.48. The van der Waals surface area contributed by atoms with Crippen molar-refractivity contribution in [2.45, 2.75) is 6.92 Å². The number of nitrogens with zero attached hydrogens (tertiary/aromatic N) is 1. The van der Waals surface area contributed by atoms with Gasteiger partial charge in [0.2, 0.25) is 0 Å². The van der Waals surface area contributed by atoms with Gasteiger partial charge in [-0.1, -0.05) is 30.3 Å². The molecule has 0 heterocycles. The minimum atomic E-state index is -0.931. The maximum Gasteiger partial charge on any atom is 0.329 e. The lowest BCUT2D eigenvalue weighted by Gasteiger charge is -2.08. The van der Waals surface area contributed by atoms with Gasteiger partial charge in [-0.2, -0.15) is 5.10 Å². The Morgan fingerprint density at radius 3 is 2.32 bits per heavy atom. The average molecular weight is 460 g/mol. The van der Waals surface area contributed by atoms with E-state index in [1.165, 1.54) is 13.3 Å². The number of carbonyl (C=O) groups excluding carboxylic acids is 3. The van der Waals surface area contributed by atoms with Crippen LogP contribution in [0.4, 0.5) is 11.4 Å². The van der Waals surface area contributed by atoms with Crippen LogP contribution in [-0.2, 0) is 14.4 Å². The largest absolute Gasteiger partial charge is 0.497 e. The molecule has 0 aliphatic rings. The molecule has 9 heteroatoms. The number of anilines is 2. The van der Waals surface area contributed by atoms with E-state index in [0.717, 1.165) is 5.56 Å². The molecule has 0 bridgehead atoms. The molecule has 3 aromatic rings. The number of hydrogen-bond acceptors (Lipinski definition) is 6. The molecule has 0 spiro atoms. The van der Waals surface area contributed by atoms with Gasteiger partial charge in [0.05, 0.1) is 13.3 Å². The molecule has 0 aliphatic heterocycles. The fourth-order valence-corrected chi connectivity index (χ4v) is 2.86. The number of ether oxygens (including phenoxy) is 2. The lowest BCUT2D eigenvalue weighted by Crippen LogP contribution is -2.32. The summed E-state index contributed by atoms with van der Waals surface area (Å²) < 4.78 is 10.6. The van der Waals surface area contributed by atoms with Crippen molar-refractivity contribution in [3.05, 3.63) is 83.9 Å². The maximum absolute atomic E-state index is 12.1. The highest BCUT2D eigenvalue weighted by Gasteiger charge is 2.13. The van der Waals surface area contributed by atoms with Gasteiger partial charge in [0.15, 0.2) is 6.61 Å². The van der Waals surface area contributed by atoms with Gasteiger partial charge in [0, 0.05) is 17.4 Å². The molecule has 174 valence electrons.